The zero-order valence-corrected chi connectivity index (χ0v) is 6.25. The van der Waals surface area contributed by atoms with Crippen LogP contribution >= 0.6 is 11.8 Å². The van der Waals surface area contributed by atoms with Crippen LogP contribution in [0, 0.1) is 0 Å². The van der Waals surface area contributed by atoms with E-state index in [0.717, 1.165) is 0 Å². The van der Waals surface area contributed by atoms with E-state index in [4.69, 9.17) is 22.2 Å². The fraction of sp³-hybridized carbons (Fsp3) is 0.400. The lowest BCUT2D eigenvalue weighted by Crippen LogP contribution is -2.32. The lowest BCUT2D eigenvalue weighted by molar-refractivity contribution is 0.297. The van der Waals surface area contributed by atoms with Crippen molar-refractivity contribution in [3.63, 3.8) is 0 Å². The van der Waals surface area contributed by atoms with Gasteiger partial charge in [0.1, 0.15) is 0 Å². The Morgan fingerprint density at radius 3 is 3.10 bits per heavy atom. The van der Waals surface area contributed by atoms with Crippen LogP contribution in [0.3, 0.4) is 0 Å². The van der Waals surface area contributed by atoms with E-state index in [0.29, 0.717) is 5.76 Å². The number of nitrogens with two attached hydrogens (primary N) is 1. The number of nitrogens with zero attached hydrogens (tertiary/aromatic N) is 2. The predicted molar refractivity (Wildman–Crippen MR) is 39.3 cm³/mol. The first-order chi connectivity index (χ1) is 4.74. The van der Waals surface area contributed by atoms with Crippen LogP contribution in [0.25, 0.3) is 0 Å². The van der Waals surface area contributed by atoms with Gasteiger partial charge >= 0.3 is 0 Å². The molecule has 1 aliphatic rings. The largest absolute Gasteiger partial charge is 0.494 e. The first-order valence-electron chi connectivity index (χ1n) is 2.72. The van der Waals surface area contributed by atoms with Crippen LogP contribution in [0.5, 0.6) is 0 Å². The van der Waals surface area contributed by atoms with Crippen LogP contribution in [0.1, 0.15) is 0 Å². The van der Waals surface area contributed by atoms with Gasteiger partial charge in [-0.1, -0.05) is 0 Å². The molecule has 0 aromatic rings. The molecule has 0 saturated heterocycles. The summed E-state index contributed by atoms with van der Waals surface area (Å²) in [6, 6.07) is 0. The smallest absolute Gasteiger partial charge is 0.187 e. The molecule has 0 aromatic carbocycles. The molecule has 0 bridgehead atoms. The van der Waals surface area contributed by atoms with E-state index in [1.54, 1.807) is 13.3 Å². The van der Waals surface area contributed by atoms with Gasteiger partial charge in [-0.15, -0.1) is 0 Å². The molecule has 1 atom stereocenters. The zero-order chi connectivity index (χ0) is 7.56. The molecule has 0 amide bonds. The summed E-state index contributed by atoms with van der Waals surface area (Å²) in [7, 11) is 1.54. The molecule has 0 radical (unpaired) electrons. The lowest BCUT2D eigenvalue weighted by atomic mass is 10.5. The molecule has 1 heterocycles. The second-order valence-electron chi connectivity index (χ2n) is 1.77. The molecule has 56 valence electrons. The van der Waals surface area contributed by atoms with Gasteiger partial charge in [0.15, 0.2) is 12.0 Å². The number of allylic oxidation sites excluding steroid dienone is 1. The van der Waals surface area contributed by atoms with Crippen molar-refractivity contribution in [3.05, 3.63) is 12.0 Å². The Kier molecular flexibility index (Phi) is 2.13. The van der Waals surface area contributed by atoms with Crippen molar-refractivity contribution >= 4 is 18.0 Å². The first-order valence-corrected chi connectivity index (χ1v) is 3.06. The number of aliphatic imine (C=N–C) groups is 1. The molecule has 10 heavy (non-hydrogen) atoms. The van der Waals surface area contributed by atoms with Crippen molar-refractivity contribution in [3.8, 4) is 0 Å². The molecule has 0 aliphatic carbocycles. The third kappa shape index (κ3) is 1.40. The average Bonchev–Trinajstić information content (AvgIpc) is 1.95. The van der Waals surface area contributed by atoms with Gasteiger partial charge in [-0.3, -0.25) is 10.2 Å². The highest BCUT2D eigenvalue weighted by Crippen LogP contribution is 2.08. The maximum absolute atomic E-state index is 5.58. The molecule has 1 rings (SSSR count). The Morgan fingerprint density at radius 1 is 1.90 bits per heavy atom. The van der Waals surface area contributed by atoms with Crippen molar-refractivity contribution in [2.24, 2.45) is 10.7 Å². The molecule has 1 aliphatic heterocycles. The quantitative estimate of drug-likeness (QED) is 0.562. The van der Waals surface area contributed by atoms with E-state index >= 15 is 0 Å². The fourth-order valence-electron chi connectivity index (χ4n) is 0.550. The monoisotopic (exact) mass is 161 g/mol. The predicted octanol–water partition coefficient (Wildman–Crippen LogP) is 0.257. The number of hydrogen-bond donors (Lipinski definition) is 1. The summed E-state index contributed by atoms with van der Waals surface area (Å²) in [4.78, 5) is 3.82. The normalized spacial score (nSPS) is 24.5. The minimum atomic E-state index is -0.499. The summed E-state index contributed by atoms with van der Waals surface area (Å²) in [5.74, 6) is 0.594. The number of hydrogen-bond acceptors (Lipinski definition) is 4. The Morgan fingerprint density at radius 2 is 2.60 bits per heavy atom. The second kappa shape index (κ2) is 2.90. The summed E-state index contributed by atoms with van der Waals surface area (Å²) in [6.45, 7) is 0. The van der Waals surface area contributed by atoms with Crippen molar-refractivity contribution in [1.82, 2.24) is 4.42 Å². The van der Waals surface area contributed by atoms with E-state index < -0.39 is 6.29 Å². The molecular weight excluding hydrogens is 154 g/mol. The van der Waals surface area contributed by atoms with Gasteiger partial charge in [-0.25, -0.2) is 4.99 Å². The van der Waals surface area contributed by atoms with E-state index in [-0.39, 0.29) is 0 Å². The molecule has 0 saturated carbocycles. The molecular formula is C5H8ClN3O. The Bertz CT molecular complexity index is 180. The van der Waals surface area contributed by atoms with Crippen LogP contribution in [0.2, 0.25) is 0 Å². The third-order valence-corrected chi connectivity index (χ3v) is 1.39. The Hall–Kier alpha value is -0.740. The SMILES string of the molecule is COC1=CN(Cl)C(N)N=C1. The standard InChI is InChI=1S/C5H8ClN3O/c1-10-4-2-8-5(7)9(6)3-4/h2-3,5H,7H2,1H3. The average molecular weight is 162 g/mol. The molecule has 4 nitrogen and oxygen atoms in total. The van der Waals surface area contributed by atoms with E-state index in [9.17, 15) is 0 Å². The summed E-state index contributed by atoms with van der Waals surface area (Å²) in [6.07, 6.45) is 2.60. The van der Waals surface area contributed by atoms with Crippen molar-refractivity contribution in [1.29, 1.82) is 0 Å². The molecule has 5 heteroatoms. The highest BCUT2D eigenvalue weighted by Gasteiger charge is 2.11. The zero-order valence-electron chi connectivity index (χ0n) is 5.49. The van der Waals surface area contributed by atoms with Gasteiger partial charge in [-0.2, -0.15) is 0 Å². The van der Waals surface area contributed by atoms with Gasteiger partial charge in [-0.05, 0) is 0 Å². The van der Waals surface area contributed by atoms with Gasteiger partial charge in [0.25, 0.3) is 0 Å². The van der Waals surface area contributed by atoms with Gasteiger partial charge in [0.2, 0.25) is 0 Å². The van der Waals surface area contributed by atoms with Gasteiger partial charge in [0, 0.05) is 11.8 Å². The fourth-order valence-corrected chi connectivity index (χ4v) is 0.697. The number of methoxy groups -OCH3 is 1. The summed E-state index contributed by atoms with van der Waals surface area (Å²) in [5.41, 5.74) is 5.39. The highest BCUT2D eigenvalue weighted by molar-refractivity contribution is 6.14. The topological polar surface area (TPSA) is 50.9 Å². The van der Waals surface area contributed by atoms with E-state index in [1.165, 1.54) is 10.6 Å². The highest BCUT2D eigenvalue weighted by atomic mass is 35.5. The van der Waals surface area contributed by atoms with Gasteiger partial charge in [0.05, 0.1) is 19.5 Å². The Balaban J connectivity index is 2.66. The van der Waals surface area contributed by atoms with Crippen LogP contribution in [0.4, 0.5) is 0 Å². The van der Waals surface area contributed by atoms with Crippen molar-refractivity contribution < 1.29 is 4.74 Å². The molecule has 2 N–H and O–H groups in total. The third-order valence-electron chi connectivity index (χ3n) is 1.09. The molecule has 0 fully saturated rings. The Labute approximate surface area is 64.0 Å². The molecule has 0 aromatic heterocycles. The summed E-state index contributed by atoms with van der Waals surface area (Å²) in [5, 5.41) is 0. The number of ether oxygens (including phenoxy) is 1. The summed E-state index contributed by atoms with van der Waals surface area (Å²) < 4.78 is 6.09. The van der Waals surface area contributed by atoms with Crippen molar-refractivity contribution in [2.75, 3.05) is 7.11 Å². The number of halogens is 1. The minimum Gasteiger partial charge on any atom is -0.494 e. The van der Waals surface area contributed by atoms with E-state index in [1.807, 2.05) is 0 Å². The van der Waals surface area contributed by atoms with Crippen LogP contribution in [-0.4, -0.2) is 24.0 Å². The van der Waals surface area contributed by atoms with Crippen LogP contribution in [0.15, 0.2) is 17.0 Å². The molecule has 0 spiro atoms. The maximum atomic E-state index is 5.58. The maximum Gasteiger partial charge on any atom is 0.187 e. The molecule has 1 unspecified atom stereocenters. The second-order valence-corrected chi connectivity index (χ2v) is 2.16. The first kappa shape index (κ1) is 7.37. The summed E-state index contributed by atoms with van der Waals surface area (Å²) >= 11 is 5.58. The van der Waals surface area contributed by atoms with E-state index in [2.05, 4.69) is 4.99 Å². The van der Waals surface area contributed by atoms with Gasteiger partial charge < -0.3 is 4.74 Å². The lowest BCUT2D eigenvalue weighted by Gasteiger charge is -2.19. The number of rotatable bonds is 1. The van der Waals surface area contributed by atoms with Crippen LogP contribution in [-0.2, 0) is 4.74 Å². The minimum absolute atomic E-state index is 0.499. The van der Waals surface area contributed by atoms with Crippen molar-refractivity contribution in [2.45, 2.75) is 6.29 Å². The van der Waals surface area contributed by atoms with Crippen LogP contribution < -0.4 is 5.73 Å².